The molecule has 0 N–H and O–H groups in total. The van der Waals surface area contributed by atoms with E-state index in [9.17, 15) is 0 Å². The maximum absolute atomic E-state index is 2.31. The summed E-state index contributed by atoms with van der Waals surface area (Å²) in [6.45, 7) is 37.0. The smallest absolute Gasteiger partial charge is 0.00229 e. The minimum atomic E-state index is 1.03. The van der Waals surface area contributed by atoms with E-state index in [0.29, 0.717) is 0 Å². The Hall–Kier alpha value is -6.24. The van der Waals surface area contributed by atoms with E-state index in [1.165, 1.54) is 139 Å². The summed E-state index contributed by atoms with van der Waals surface area (Å²) in [5.74, 6) is 0. The first-order chi connectivity index (χ1) is 31.7. The summed E-state index contributed by atoms with van der Waals surface area (Å²) < 4.78 is 0. The second kappa shape index (κ2) is 23.5. The fraction of sp³-hybridized carbons (Fsp3) is 0.284. The third-order valence-corrected chi connectivity index (χ3v) is 14.5. The predicted octanol–water partition coefficient (Wildman–Crippen LogP) is 18.5. The predicted molar refractivity (Wildman–Crippen MR) is 296 cm³/mol. The molecular formula is C67H78. The van der Waals surface area contributed by atoms with Gasteiger partial charge in [0.05, 0.1) is 0 Å². The summed E-state index contributed by atoms with van der Waals surface area (Å²) >= 11 is 0. The first kappa shape index (κ1) is 51.7. The Morgan fingerprint density at radius 1 is 0.224 bits per heavy atom. The molecule has 0 saturated carbocycles. The average Bonchev–Trinajstić information content (AvgIpc) is 3.29. The van der Waals surface area contributed by atoms with Gasteiger partial charge in [-0.25, -0.2) is 0 Å². The Morgan fingerprint density at radius 2 is 0.552 bits per heavy atom. The van der Waals surface area contributed by atoms with Crippen LogP contribution in [0.3, 0.4) is 0 Å². The van der Waals surface area contributed by atoms with Crippen LogP contribution in [0, 0.1) is 118 Å². The standard InChI is InChI=1S/C18H22.C17H20.2C16H18/c1-12-6-8-17(10-14(12)3)11-18-9-7-13(2)15(4)16(18)5;1-12-5-7-16(9-14(12)3)11-17-8-6-13(2)15(4)10-17;1-11-5-7-15(9-13(11)3)16-8-6-12(2)14(4)10-16;1-11-8-9-15(10-13(11)3)16-7-5-6-12(2)14(16)4/h6-10H,11H2,1-5H3;5-10H,11H2,1-4H3;2*5-10H,1-4H3. The number of benzene rings is 8. The van der Waals surface area contributed by atoms with E-state index in [4.69, 9.17) is 0 Å². The van der Waals surface area contributed by atoms with Crippen molar-refractivity contribution in [3.05, 3.63) is 256 Å². The van der Waals surface area contributed by atoms with Crippen LogP contribution in [-0.4, -0.2) is 0 Å². The molecule has 0 saturated heterocycles. The van der Waals surface area contributed by atoms with Crippen LogP contribution < -0.4 is 0 Å². The van der Waals surface area contributed by atoms with Crippen molar-refractivity contribution in [2.45, 2.75) is 131 Å². The lowest BCUT2D eigenvalue weighted by Crippen LogP contribution is -1.97. The second-order valence-electron chi connectivity index (χ2n) is 19.5. The first-order valence-corrected chi connectivity index (χ1v) is 24.2. The Labute approximate surface area is 407 Å². The van der Waals surface area contributed by atoms with Crippen LogP contribution in [0.15, 0.2) is 140 Å². The highest BCUT2D eigenvalue weighted by Gasteiger charge is 2.07. The maximum atomic E-state index is 2.31. The van der Waals surface area contributed by atoms with Crippen molar-refractivity contribution in [2.24, 2.45) is 0 Å². The van der Waals surface area contributed by atoms with Crippen LogP contribution in [0.4, 0.5) is 0 Å². The van der Waals surface area contributed by atoms with E-state index >= 15 is 0 Å². The number of hydrogen-bond acceptors (Lipinski definition) is 0. The molecular weight excluding hydrogens is 805 g/mol. The molecule has 0 aliphatic carbocycles. The number of aryl methyl sites for hydroxylation is 14. The van der Waals surface area contributed by atoms with Gasteiger partial charge >= 0.3 is 0 Å². The third kappa shape index (κ3) is 14.1. The van der Waals surface area contributed by atoms with Crippen LogP contribution >= 0.6 is 0 Å². The average molecular weight is 883 g/mol. The van der Waals surface area contributed by atoms with E-state index < -0.39 is 0 Å². The lowest BCUT2D eigenvalue weighted by molar-refractivity contribution is 1.11. The number of hydrogen-bond donors (Lipinski definition) is 0. The Morgan fingerprint density at radius 3 is 0.955 bits per heavy atom. The van der Waals surface area contributed by atoms with E-state index in [-0.39, 0.29) is 0 Å². The van der Waals surface area contributed by atoms with Crippen LogP contribution in [0.1, 0.15) is 117 Å². The van der Waals surface area contributed by atoms with E-state index in [1.54, 1.807) is 0 Å². The molecule has 0 spiro atoms. The summed E-state index contributed by atoms with van der Waals surface area (Å²) in [5.41, 5.74) is 34.3. The number of rotatable bonds is 6. The molecule has 8 aromatic carbocycles. The van der Waals surface area contributed by atoms with Gasteiger partial charge in [0.25, 0.3) is 0 Å². The van der Waals surface area contributed by atoms with Gasteiger partial charge in [0.2, 0.25) is 0 Å². The molecule has 0 aromatic heterocycles. The van der Waals surface area contributed by atoms with E-state index in [1.807, 2.05) is 0 Å². The third-order valence-electron chi connectivity index (χ3n) is 14.5. The Bertz CT molecular complexity index is 2870. The summed E-state index contributed by atoms with van der Waals surface area (Å²) in [6, 6.07) is 51.3. The molecule has 0 nitrogen and oxygen atoms in total. The molecule has 0 amide bonds. The highest BCUT2D eigenvalue weighted by Crippen LogP contribution is 2.28. The summed E-state index contributed by atoms with van der Waals surface area (Å²) in [4.78, 5) is 0. The Balaban J connectivity index is 0.000000167. The van der Waals surface area contributed by atoms with Crippen molar-refractivity contribution < 1.29 is 0 Å². The van der Waals surface area contributed by atoms with E-state index in [2.05, 4.69) is 257 Å². The Kier molecular flexibility index (Phi) is 18.1. The van der Waals surface area contributed by atoms with Gasteiger partial charge in [0.1, 0.15) is 0 Å². The SMILES string of the molecule is Cc1ccc(-c2ccc(C)c(C)c2)cc1C.Cc1ccc(-c2cccc(C)c2C)cc1C.Cc1ccc(Cc2ccc(C)c(C)c2)cc1C.Cc1ccc(Cc2ccc(C)c(C)c2C)cc1C. The lowest BCUT2D eigenvalue weighted by Gasteiger charge is -2.12. The van der Waals surface area contributed by atoms with Crippen molar-refractivity contribution in [1.82, 2.24) is 0 Å². The van der Waals surface area contributed by atoms with Crippen molar-refractivity contribution >= 4 is 0 Å². The molecule has 0 aliphatic rings. The monoisotopic (exact) mass is 883 g/mol. The van der Waals surface area contributed by atoms with Gasteiger partial charge in [-0.3, -0.25) is 0 Å². The summed E-state index contributed by atoms with van der Waals surface area (Å²) in [7, 11) is 0. The first-order valence-electron chi connectivity index (χ1n) is 24.2. The van der Waals surface area contributed by atoms with Gasteiger partial charge in [0.15, 0.2) is 0 Å². The molecule has 346 valence electrons. The van der Waals surface area contributed by atoms with Gasteiger partial charge in [-0.05, 0) is 270 Å². The van der Waals surface area contributed by atoms with Gasteiger partial charge in [-0.2, -0.15) is 0 Å². The van der Waals surface area contributed by atoms with Crippen LogP contribution in [0.5, 0.6) is 0 Å². The largest absolute Gasteiger partial charge is 0.0614 e. The van der Waals surface area contributed by atoms with Crippen LogP contribution in [-0.2, 0) is 12.8 Å². The molecule has 0 unspecified atom stereocenters. The fourth-order valence-corrected chi connectivity index (χ4v) is 8.21. The highest BCUT2D eigenvalue weighted by atomic mass is 14.1. The van der Waals surface area contributed by atoms with Gasteiger partial charge in [-0.15, -0.1) is 0 Å². The summed E-state index contributed by atoms with van der Waals surface area (Å²) in [6.07, 6.45) is 2.07. The van der Waals surface area contributed by atoms with Crippen LogP contribution in [0.25, 0.3) is 22.3 Å². The molecule has 0 radical (unpaired) electrons. The maximum Gasteiger partial charge on any atom is -0.00229 e. The molecule has 8 aromatic rings. The molecule has 0 heterocycles. The van der Waals surface area contributed by atoms with Gasteiger partial charge in [0, 0.05) is 0 Å². The lowest BCUT2D eigenvalue weighted by atomic mass is 9.93. The zero-order chi connectivity index (χ0) is 49.1. The normalized spacial score (nSPS) is 10.6. The van der Waals surface area contributed by atoms with Crippen molar-refractivity contribution in [3.63, 3.8) is 0 Å². The highest BCUT2D eigenvalue weighted by molar-refractivity contribution is 5.69. The fourth-order valence-electron chi connectivity index (χ4n) is 8.21. The molecule has 0 aliphatic heterocycles. The second-order valence-corrected chi connectivity index (χ2v) is 19.5. The minimum Gasteiger partial charge on any atom is -0.0614 e. The molecule has 0 bridgehead atoms. The van der Waals surface area contributed by atoms with E-state index in [0.717, 1.165) is 12.8 Å². The van der Waals surface area contributed by atoms with Crippen molar-refractivity contribution in [1.29, 1.82) is 0 Å². The molecule has 0 fully saturated rings. The molecule has 67 heavy (non-hydrogen) atoms. The van der Waals surface area contributed by atoms with Gasteiger partial charge < -0.3 is 0 Å². The zero-order valence-electron chi connectivity index (χ0n) is 44.2. The zero-order valence-corrected chi connectivity index (χ0v) is 44.2. The molecule has 0 heteroatoms. The van der Waals surface area contributed by atoms with Crippen molar-refractivity contribution in [3.8, 4) is 22.3 Å². The molecule has 8 rings (SSSR count). The van der Waals surface area contributed by atoms with Crippen molar-refractivity contribution in [2.75, 3.05) is 0 Å². The minimum absolute atomic E-state index is 1.03. The topological polar surface area (TPSA) is 0 Å². The summed E-state index contributed by atoms with van der Waals surface area (Å²) in [5, 5.41) is 0. The van der Waals surface area contributed by atoms with Crippen LogP contribution in [0.2, 0.25) is 0 Å². The molecule has 0 atom stereocenters. The quantitative estimate of drug-likeness (QED) is 0.156. The van der Waals surface area contributed by atoms with Gasteiger partial charge in [-0.1, -0.05) is 140 Å².